The standard InChI is InChI=1S/C16H17BrN2O4S/c1-10-9-24-16(22)19(10)7-15(21)23-8-14(20)18-11(2)12-5-3-4-6-13(12)17/h3-6,9,11H,7-8H2,1-2H3,(H,18,20)/t11-/m0/s1. The summed E-state index contributed by atoms with van der Waals surface area (Å²) >= 11 is 4.45. The molecule has 6 nitrogen and oxygen atoms in total. The summed E-state index contributed by atoms with van der Waals surface area (Å²) in [7, 11) is 0. The zero-order valence-electron chi connectivity index (χ0n) is 13.2. The molecule has 0 aliphatic carbocycles. The largest absolute Gasteiger partial charge is 0.454 e. The number of nitrogens with one attached hydrogen (secondary N) is 1. The van der Waals surface area contributed by atoms with Crippen LogP contribution in [0.5, 0.6) is 0 Å². The lowest BCUT2D eigenvalue weighted by molar-refractivity contribution is -0.149. The molecule has 0 spiro atoms. The predicted octanol–water partition coefficient (Wildman–Crippen LogP) is 2.40. The second kappa shape index (κ2) is 8.25. The first-order valence-corrected chi connectivity index (χ1v) is 8.90. The van der Waals surface area contributed by atoms with Crippen molar-refractivity contribution in [1.82, 2.24) is 9.88 Å². The fraction of sp³-hybridized carbons (Fsp3) is 0.312. The third kappa shape index (κ3) is 4.78. The molecule has 1 amide bonds. The Morgan fingerprint density at radius 2 is 2.08 bits per heavy atom. The molecule has 8 heteroatoms. The Kier molecular flexibility index (Phi) is 6.33. The molecular weight excluding hydrogens is 396 g/mol. The zero-order valence-corrected chi connectivity index (χ0v) is 15.6. The van der Waals surface area contributed by atoms with Gasteiger partial charge in [0.05, 0.1) is 6.04 Å². The maximum absolute atomic E-state index is 11.9. The highest BCUT2D eigenvalue weighted by Gasteiger charge is 2.15. The Morgan fingerprint density at radius 3 is 2.71 bits per heavy atom. The summed E-state index contributed by atoms with van der Waals surface area (Å²) in [5, 5.41) is 4.43. The molecule has 0 fully saturated rings. The summed E-state index contributed by atoms with van der Waals surface area (Å²) < 4.78 is 7.14. The van der Waals surface area contributed by atoms with Gasteiger partial charge in [0.15, 0.2) is 6.61 Å². The monoisotopic (exact) mass is 412 g/mol. The quantitative estimate of drug-likeness (QED) is 0.738. The van der Waals surface area contributed by atoms with Crippen LogP contribution in [-0.2, 0) is 20.9 Å². The Balaban J connectivity index is 1.84. The Hall–Kier alpha value is -1.93. The Morgan fingerprint density at radius 1 is 1.38 bits per heavy atom. The lowest BCUT2D eigenvalue weighted by Crippen LogP contribution is -2.32. The highest BCUT2D eigenvalue weighted by atomic mass is 79.9. The van der Waals surface area contributed by atoms with Crippen molar-refractivity contribution in [2.45, 2.75) is 26.4 Å². The van der Waals surface area contributed by atoms with E-state index in [4.69, 9.17) is 4.74 Å². The van der Waals surface area contributed by atoms with Gasteiger partial charge in [-0.2, -0.15) is 0 Å². The van der Waals surface area contributed by atoms with E-state index in [0.29, 0.717) is 5.69 Å². The normalized spacial score (nSPS) is 11.8. The predicted molar refractivity (Wildman–Crippen MR) is 95.0 cm³/mol. The van der Waals surface area contributed by atoms with Gasteiger partial charge in [-0.25, -0.2) is 0 Å². The molecule has 0 aliphatic rings. The van der Waals surface area contributed by atoms with Crippen molar-refractivity contribution in [3.8, 4) is 0 Å². The molecule has 24 heavy (non-hydrogen) atoms. The van der Waals surface area contributed by atoms with Crippen LogP contribution in [0.1, 0.15) is 24.2 Å². The average Bonchev–Trinajstić information content (AvgIpc) is 2.85. The number of amides is 1. The van der Waals surface area contributed by atoms with Crippen LogP contribution >= 0.6 is 27.3 Å². The molecule has 0 saturated heterocycles. The van der Waals surface area contributed by atoms with E-state index in [9.17, 15) is 14.4 Å². The molecule has 1 aromatic heterocycles. The number of carbonyl (C=O) groups is 2. The van der Waals surface area contributed by atoms with Gasteiger partial charge in [-0.3, -0.25) is 19.0 Å². The van der Waals surface area contributed by atoms with E-state index in [2.05, 4.69) is 21.2 Å². The Bertz CT molecular complexity index is 799. The first-order valence-electron chi connectivity index (χ1n) is 7.23. The van der Waals surface area contributed by atoms with Gasteiger partial charge in [-0.15, -0.1) is 0 Å². The number of carbonyl (C=O) groups excluding carboxylic acids is 2. The van der Waals surface area contributed by atoms with Crippen LogP contribution in [0.4, 0.5) is 0 Å². The van der Waals surface area contributed by atoms with Crippen molar-refractivity contribution >= 4 is 39.1 Å². The van der Waals surface area contributed by atoms with E-state index >= 15 is 0 Å². The van der Waals surface area contributed by atoms with Crippen molar-refractivity contribution in [1.29, 1.82) is 0 Å². The molecular formula is C16H17BrN2O4S. The van der Waals surface area contributed by atoms with Crippen LogP contribution in [0.15, 0.2) is 38.9 Å². The minimum absolute atomic E-state index is 0.193. The summed E-state index contributed by atoms with van der Waals surface area (Å²) in [6.45, 7) is 3.00. The van der Waals surface area contributed by atoms with Gasteiger partial charge in [0, 0.05) is 15.5 Å². The Labute approximate surface area is 151 Å². The molecule has 0 aliphatic heterocycles. The first-order chi connectivity index (χ1) is 11.4. The van der Waals surface area contributed by atoms with E-state index in [1.54, 1.807) is 12.3 Å². The van der Waals surface area contributed by atoms with E-state index in [1.807, 2.05) is 31.2 Å². The van der Waals surface area contributed by atoms with Gasteiger partial charge in [-0.05, 0) is 25.5 Å². The van der Waals surface area contributed by atoms with E-state index in [1.165, 1.54) is 4.57 Å². The molecule has 1 heterocycles. The highest BCUT2D eigenvalue weighted by molar-refractivity contribution is 9.10. The van der Waals surface area contributed by atoms with Gasteiger partial charge in [0.25, 0.3) is 5.91 Å². The fourth-order valence-electron chi connectivity index (χ4n) is 2.10. The molecule has 0 unspecified atom stereocenters. The number of benzene rings is 1. The smallest absolute Gasteiger partial charge is 0.326 e. The topological polar surface area (TPSA) is 77.4 Å². The molecule has 1 atom stereocenters. The van der Waals surface area contributed by atoms with Crippen LogP contribution in [0.2, 0.25) is 0 Å². The molecule has 0 radical (unpaired) electrons. The number of aryl methyl sites for hydroxylation is 1. The number of hydrogen-bond donors (Lipinski definition) is 1. The second-order valence-electron chi connectivity index (χ2n) is 5.20. The molecule has 2 rings (SSSR count). The van der Waals surface area contributed by atoms with Crippen LogP contribution in [0.25, 0.3) is 0 Å². The number of ether oxygens (including phenoxy) is 1. The van der Waals surface area contributed by atoms with Crippen molar-refractivity contribution in [2.24, 2.45) is 0 Å². The number of halogens is 1. The van der Waals surface area contributed by atoms with Crippen LogP contribution in [0.3, 0.4) is 0 Å². The van der Waals surface area contributed by atoms with E-state index in [-0.39, 0.29) is 24.1 Å². The highest BCUT2D eigenvalue weighted by Crippen LogP contribution is 2.22. The van der Waals surface area contributed by atoms with Crippen LogP contribution < -0.4 is 10.2 Å². The number of rotatable bonds is 6. The van der Waals surface area contributed by atoms with Gasteiger partial charge in [0.2, 0.25) is 0 Å². The molecule has 0 saturated carbocycles. The van der Waals surface area contributed by atoms with E-state index < -0.39 is 11.9 Å². The molecule has 1 N–H and O–H groups in total. The molecule has 2 aromatic rings. The number of esters is 1. The zero-order chi connectivity index (χ0) is 17.7. The number of nitrogens with zero attached hydrogens (tertiary/aromatic N) is 1. The third-order valence-electron chi connectivity index (χ3n) is 3.38. The van der Waals surface area contributed by atoms with E-state index in [0.717, 1.165) is 21.4 Å². The molecule has 0 bridgehead atoms. The fourth-order valence-corrected chi connectivity index (χ4v) is 3.47. The second-order valence-corrected chi connectivity index (χ2v) is 6.88. The minimum atomic E-state index is -0.623. The molecule has 128 valence electrons. The lowest BCUT2D eigenvalue weighted by atomic mass is 10.1. The third-order valence-corrected chi connectivity index (χ3v) is 4.98. The summed E-state index contributed by atoms with van der Waals surface area (Å²) in [5.74, 6) is -1.02. The van der Waals surface area contributed by atoms with Gasteiger partial charge < -0.3 is 10.1 Å². The minimum Gasteiger partial charge on any atom is -0.454 e. The maximum Gasteiger partial charge on any atom is 0.326 e. The summed E-state index contributed by atoms with van der Waals surface area (Å²) in [6.07, 6.45) is 0. The SMILES string of the molecule is Cc1csc(=O)n1CC(=O)OCC(=O)N[C@@H](C)c1ccccc1Br. The average molecular weight is 413 g/mol. The maximum atomic E-state index is 11.9. The molecule has 1 aromatic carbocycles. The summed E-state index contributed by atoms with van der Waals surface area (Å²) in [4.78, 5) is 35.0. The van der Waals surface area contributed by atoms with Gasteiger partial charge >= 0.3 is 10.8 Å². The van der Waals surface area contributed by atoms with Crippen LogP contribution in [-0.4, -0.2) is 23.1 Å². The number of aromatic nitrogens is 1. The van der Waals surface area contributed by atoms with Crippen molar-refractivity contribution in [3.63, 3.8) is 0 Å². The number of thiazole rings is 1. The van der Waals surface area contributed by atoms with Crippen molar-refractivity contribution < 1.29 is 14.3 Å². The van der Waals surface area contributed by atoms with Crippen molar-refractivity contribution in [3.05, 3.63) is 55.0 Å². The number of hydrogen-bond acceptors (Lipinski definition) is 5. The van der Waals surface area contributed by atoms with Gasteiger partial charge in [-0.1, -0.05) is 45.5 Å². The van der Waals surface area contributed by atoms with Crippen molar-refractivity contribution in [2.75, 3.05) is 6.61 Å². The summed E-state index contributed by atoms with van der Waals surface area (Å²) in [6, 6.07) is 7.32. The summed E-state index contributed by atoms with van der Waals surface area (Å²) in [5.41, 5.74) is 1.62. The van der Waals surface area contributed by atoms with Crippen LogP contribution in [0, 0.1) is 6.92 Å². The lowest BCUT2D eigenvalue weighted by Gasteiger charge is -2.16. The first kappa shape index (κ1) is 18.4. The van der Waals surface area contributed by atoms with Gasteiger partial charge in [0.1, 0.15) is 6.54 Å².